The van der Waals surface area contributed by atoms with Crippen LogP contribution in [0.5, 0.6) is 0 Å². The lowest BCUT2D eigenvalue weighted by Crippen LogP contribution is -2.49. The average molecular weight is 318 g/mol. The first-order valence-electron chi connectivity index (χ1n) is 6.89. The highest BCUT2D eigenvalue weighted by atomic mass is 16.4. The quantitative estimate of drug-likeness (QED) is 0.342. The standard InChI is InChI=1S/C13H22N2O7/c1-3-7(2)11(13(21)22)14-6-9(16)15-8(12(19)20)4-5-10(17)18/h7-8,11,14H,3-6H2,1-2H3,(H,15,16)(H,17,18)(H,19,20)(H,21,22)/t7?,8?,11-/m0/s1. The number of rotatable bonds is 11. The second kappa shape index (κ2) is 9.72. The van der Waals surface area contributed by atoms with Crippen LogP contribution in [-0.2, 0) is 19.2 Å². The van der Waals surface area contributed by atoms with Crippen molar-refractivity contribution >= 4 is 23.8 Å². The Morgan fingerprint density at radius 1 is 1.05 bits per heavy atom. The Kier molecular flexibility index (Phi) is 8.76. The maximum atomic E-state index is 11.7. The summed E-state index contributed by atoms with van der Waals surface area (Å²) in [6.07, 6.45) is -0.0403. The molecule has 9 nitrogen and oxygen atoms in total. The molecule has 22 heavy (non-hydrogen) atoms. The van der Waals surface area contributed by atoms with Crippen molar-refractivity contribution in [2.45, 2.75) is 45.2 Å². The van der Waals surface area contributed by atoms with E-state index in [0.29, 0.717) is 6.42 Å². The van der Waals surface area contributed by atoms with Crippen molar-refractivity contribution in [1.82, 2.24) is 10.6 Å². The molecule has 5 N–H and O–H groups in total. The van der Waals surface area contributed by atoms with Gasteiger partial charge in [0.25, 0.3) is 0 Å². The third-order valence-corrected chi connectivity index (χ3v) is 3.24. The predicted molar refractivity (Wildman–Crippen MR) is 75.3 cm³/mol. The van der Waals surface area contributed by atoms with Crippen molar-refractivity contribution < 1.29 is 34.5 Å². The van der Waals surface area contributed by atoms with Gasteiger partial charge in [-0.15, -0.1) is 0 Å². The Hall–Kier alpha value is -2.16. The lowest BCUT2D eigenvalue weighted by atomic mass is 9.99. The number of carboxylic acid groups (broad SMARTS) is 3. The van der Waals surface area contributed by atoms with E-state index in [4.69, 9.17) is 15.3 Å². The van der Waals surface area contributed by atoms with Crippen LogP contribution in [0.2, 0.25) is 0 Å². The summed E-state index contributed by atoms with van der Waals surface area (Å²) in [4.78, 5) is 44.1. The van der Waals surface area contributed by atoms with Gasteiger partial charge in [-0.05, 0) is 12.3 Å². The van der Waals surface area contributed by atoms with E-state index in [9.17, 15) is 19.2 Å². The van der Waals surface area contributed by atoms with Gasteiger partial charge in [0.2, 0.25) is 5.91 Å². The zero-order valence-electron chi connectivity index (χ0n) is 12.5. The fraction of sp³-hybridized carbons (Fsp3) is 0.692. The molecule has 0 radical (unpaired) electrons. The molecule has 0 aromatic heterocycles. The topological polar surface area (TPSA) is 153 Å². The Morgan fingerprint density at radius 2 is 1.64 bits per heavy atom. The van der Waals surface area contributed by atoms with E-state index >= 15 is 0 Å². The first kappa shape index (κ1) is 19.8. The molecule has 0 heterocycles. The van der Waals surface area contributed by atoms with Crippen LogP contribution in [0, 0.1) is 5.92 Å². The van der Waals surface area contributed by atoms with Gasteiger partial charge in [-0.1, -0.05) is 20.3 Å². The highest BCUT2D eigenvalue weighted by Gasteiger charge is 2.25. The van der Waals surface area contributed by atoms with E-state index in [1.165, 1.54) is 0 Å². The van der Waals surface area contributed by atoms with Gasteiger partial charge in [-0.3, -0.25) is 19.7 Å². The Bertz CT molecular complexity index is 425. The number of aliphatic carboxylic acids is 3. The highest BCUT2D eigenvalue weighted by Crippen LogP contribution is 2.07. The van der Waals surface area contributed by atoms with E-state index in [2.05, 4.69) is 10.6 Å². The largest absolute Gasteiger partial charge is 0.481 e. The first-order chi connectivity index (χ1) is 10.2. The van der Waals surface area contributed by atoms with Crippen molar-refractivity contribution in [3.8, 4) is 0 Å². The van der Waals surface area contributed by atoms with Crippen LogP contribution in [0.3, 0.4) is 0 Å². The number of hydrogen-bond acceptors (Lipinski definition) is 5. The van der Waals surface area contributed by atoms with Crippen molar-refractivity contribution in [2.24, 2.45) is 5.92 Å². The van der Waals surface area contributed by atoms with Crippen LogP contribution >= 0.6 is 0 Å². The van der Waals surface area contributed by atoms with E-state index < -0.39 is 42.3 Å². The summed E-state index contributed by atoms with van der Waals surface area (Å²) in [7, 11) is 0. The zero-order chi connectivity index (χ0) is 17.3. The van der Waals surface area contributed by atoms with Crippen LogP contribution in [0.1, 0.15) is 33.1 Å². The summed E-state index contributed by atoms with van der Waals surface area (Å²) in [5.41, 5.74) is 0. The number of hydrogen-bond donors (Lipinski definition) is 5. The summed E-state index contributed by atoms with van der Waals surface area (Å²) in [6.45, 7) is 3.17. The Morgan fingerprint density at radius 3 is 2.05 bits per heavy atom. The minimum absolute atomic E-state index is 0.201. The molecule has 0 aliphatic rings. The number of amides is 1. The van der Waals surface area contributed by atoms with Gasteiger partial charge >= 0.3 is 17.9 Å². The Labute approximate surface area is 127 Å². The SMILES string of the molecule is CCC(C)[C@H](NCC(=O)NC(CCC(=O)O)C(=O)O)C(=O)O. The summed E-state index contributed by atoms with van der Waals surface area (Å²) >= 11 is 0. The molecule has 2 unspecified atom stereocenters. The minimum atomic E-state index is -1.34. The number of carbonyl (C=O) groups excluding carboxylic acids is 1. The van der Waals surface area contributed by atoms with Gasteiger partial charge in [0.05, 0.1) is 6.54 Å². The lowest BCUT2D eigenvalue weighted by Gasteiger charge is -2.20. The van der Waals surface area contributed by atoms with E-state index in [1.807, 2.05) is 6.92 Å². The van der Waals surface area contributed by atoms with Gasteiger partial charge in [0.1, 0.15) is 12.1 Å². The van der Waals surface area contributed by atoms with Gasteiger partial charge in [-0.25, -0.2) is 4.79 Å². The molecule has 0 aromatic carbocycles. The monoisotopic (exact) mass is 318 g/mol. The number of carboxylic acids is 3. The smallest absolute Gasteiger partial charge is 0.326 e. The van der Waals surface area contributed by atoms with Crippen LogP contribution in [0.15, 0.2) is 0 Å². The normalized spacial score (nSPS) is 14.6. The predicted octanol–water partition coefficient (Wildman–Crippen LogP) is -0.490. The molecule has 0 aliphatic carbocycles. The lowest BCUT2D eigenvalue weighted by molar-refractivity contribution is -0.144. The fourth-order valence-corrected chi connectivity index (χ4v) is 1.74. The third-order valence-electron chi connectivity index (χ3n) is 3.24. The maximum Gasteiger partial charge on any atom is 0.326 e. The fourth-order valence-electron chi connectivity index (χ4n) is 1.74. The van der Waals surface area contributed by atoms with Gasteiger partial charge in [0, 0.05) is 6.42 Å². The molecule has 0 aliphatic heterocycles. The summed E-state index contributed by atoms with van der Waals surface area (Å²) in [6, 6.07) is -2.24. The van der Waals surface area contributed by atoms with Crippen molar-refractivity contribution in [2.75, 3.05) is 6.54 Å². The van der Waals surface area contributed by atoms with Crippen LogP contribution < -0.4 is 10.6 Å². The summed E-state index contributed by atoms with van der Waals surface area (Å²) in [5.74, 6) is -4.50. The second-order valence-corrected chi connectivity index (χ2v) is 4.97. The molecule has 0 bridgehead atoms. The molecule has 9 heteroatoms. The highest BCUT2D eigenvalue weighted by molar-refractivity contribution is 5.85. The van der Waals surface area contributed by atoms with Crippen molar-refractivity contribution in [1.29, 1.82) is 0 Å². The molecule has 3 atom stereocenters. The molecule has 0 aromatic rings. The molecule has 0 fully saturated rings. The average Bonchev–Trinajstić information content (AvgIpc) is 2.42. The van der Waals surface area contributed by atoms with Gasteiger partial charge in [0.15, 0.2) is 0 Å². The van der Waals surface area contributed by atoms with E-state index in [1.54, 1.807) is 6.92 Å². The van der Waals surface area contributed by atoms with Crippen molar-refractivity contribution in [3.63, 3.8) is 0 Å². The molecular weight excluding hydrogens is 296 g/mol. The Balaban J connectivity index is 4.47. The minimum Gasteiger partial charge on any atom is -0.481 e. The first-order valence-corrected chi connectivity index (χ1v) is 6.89. The van der Waals surface area contributed by atoms with Gasteiger partial charge < -0.3 is 20.6 Å². The van der Waals surface area contributed by atoms with Crippen molar-refractivity contribution in [3.05, 3.63) is 0 Å². The maximum absolute atomic E-state index is 11.7. The molecular formula is C13H22N2O7. The molecule has 1 amide bonds. The van der Waals surface area contributed by atoms with E-state index in [0.717, 1.165) is 0 Å². The van der Waals surface area contributed by atoms with Crippen LogP contribution in [0.4, 0.5) is 0 Å². The molecule has 0 saturated heterocycles. The molecule has 0 saturated carbocycles. The summed E-state index contributed by atoms with van der Waals surface area (Å²) in [5, 5.41) is 31.2. The van der Waals surface area contributed by atoms with Crippen LogP contribution in [0.25, 0.3) is 0 Å². The number of carbonyl (C=O) groups is 4. The molecule has 0 rings (SSSR count). The number of nitrogens with one attached hydrogen (secondary N) is 2. The van der Waals surface area contributed by atoms with E-state index in [-0.39, 0.29) is 18.9 Å². The van der Waals surface area contributed by atoms with Gasteiger partial charge in [-0.2, -0.15) is 0 Å². The molecule has 0 spiro atoms. The zero-order valence-corrected chi connectivity index (χ0v) is 12.5. The summed E-state index contributed by atoms with van der Waals surface area (Å²) < 4.78 is 0. The van der Waals surface area contributed by atoms with Crippen LogP contribution in [-0.4, -0.2) is 57.8 Å². The molecule has 126 valence electrons. The second-order valence-electron chi connectivity index (χ2n) is 4.97. The third kappa shape index (κ3) is 7.58.